The summed E-state index contributed by atoms with van der Waals surface area (Å²) in [7, 11) is 0. The summed E-state index contributed by atoms with van der Waals surface area (Å²) in [5.74, 6) is 0. The Kier molecular flexibility index (Phi) is 8.95. The van der Waals surface area contributed by atoms with Gasteiger partial charge < -0.3 is 4.90 Å². The first-order valence-corrected chi connectivity index (χ1v) is 19.6. The van der Waals surface area contributed by atoms with Crippen LogP contribution in [-0.4, -0.2) is 0 Å². The third-order valence-electron chi connectivity index (χ3n) is 11.1. The van der Waals surface area contributed by atoms with E-state index in [2.05, 4.69) is 241 Å². The fourth-order valence-corrected chi connectivity index (χ4v) is 8.35. The first-order chi connectivity index (χ1) is 28.3. The third-order valence-corrected chi connectivity index (χ3v) is 11.1. The first-order valence-electron chi connectivity index (χ1n) is 19.6. The summed E-state index contributed by atoms with van der Waals surface area (Å²) in [6.45, 7) is 0. The number of fused-ring (bicyclic) bond motifs is 3. The minimum Gasteiger partial charge on any atom is -0.309 e. The highest BCUT2D eigenvalue weighted by molar-refractivity contribution is 6.15. The molecule has 0 aliphatic carbocycles. The molecule has 0 radical (unpaired) electrons. The molecule has 1 heteroatoms. The molecule has 57 heavy (non-hydrogen) atoms. The summed E-state index contributed by atoms with van der Waals surface area (Å²) in [6.07, 6.45) is 0. The Morgan fingerprint density at radius 2 is 0.632 bits per heavy atom. The van der Waals surface area contributed by atoms with E-state index in [4.69, 9.17) is 0 Å². The molecule has 0 unspecified atom stereocenters. The van der Waals surface area contributed by atoms with Crippen LogP contribution in [0.2, 0.25) is 0 Å². The van der Waals surface area contributed by atoms with Crippen molar-refractivity contribution < 1.29 is 0 Å². The number of hydrogen-bond acceptors (Lipinski definition) is 1. The quantitative estimate of drug-likeness (QED) is 0.141. The van der Waals surface area contributed by atoms with Gasteiger partial charge in [0.2, 0.25) is 0 Å². The van der Waals surface area contributed by atoms with Gasteiger partial charge in [-0.2, -0.15) is 0 Å². The van der Waals surface area contributed by atoms with Crippen molar-refractivity contribution in [2.24, 2.45) is 0 Å². The second-order valence-corrected chi connectivity index (χ2v) is 14.5. The van der Waals surface area contributed by atoms with E-state index in [0.717, 1.165) is 22.6 Å². The predicted molar refractivity (Wildman–Crippen MR) is 243 cm³/mol. The van der Waals surface area contributed by atoms with Crippen LogP contribution in [0.3, 0.4) is 0 Å². The summed E-state index contributed by atoms with van der Waals surface area (Å²) in [4.78, 5) is 2.46. The lowest BCUT2D eigenvalue weighted by molar-refractivity contribution is 1.30. The molecule has 0 saturated carbocycles. The van der Waals surface area contributed by atoms with Crippen LogP contribution < -0.4 is 4.90 Å². The molecule has 0 heterocycles. The standard InChI is InChI=1S/C56H39N/c1-3-17-40(18-4-1)41-31-33-42(34-32-41)43-35-37-46(38-36-43)57(56-39-45-21-7-8-23-48(45)50-25-13-14-29-54(50)56)55-30-16-15-28-53(55)52-27-12-11-26-51(52)49-24-10-9-22-47(49)44-19-5-2-6-20-44/h1-39H. The highest BCUT2D eigenvalue weighted by atomic mass is 15.1. The van der Waals surface area contributed by atoms with Crippen LogP contribution >= 0.6 is 0 Å². The number of nitrogens with zero attached hydrogens (tertiary/aromatic N) is 1. The van der Waals surface area contributed by atoms with E-state index in [-0.39, 0.29) is 0 Å². The fraction of sp³-hybridized carbons (Fsp3) is 0. The molecule has 0 bridgehead atoms. The van der Waals surface area contributed by atoms with Crippen LogP contribution in [0.1, 0.15) is 0 Å². The Bertz CT molecular complexity index is 2980. The minimum absolute atomic E-state index is 1.09. The van der Waals surface area contributed by atoms with Crippen LogP contribution in [0, 0.1) is 0 Å². The second-order valence-electron chi connectivity index (χ2n) is 14.5. The van der Waals surface area contributed by atoms with Crippen LogP contribution in [0.25, 0.3) is 77.2 Å². The molecular formula is C56H39N. The Labute approximate surface area is 334 Å². The topological polar surface area (TPSA) is 3.24 Å². The SMILES string of the molecule is c1ccc(-c2ccc(-c3ccc(N(c4ccccc4-c4ccccc4-c4ccccc4-c4ccccc4)c4cc5ccccc5c5ccccc45)cc3)cc2)cc1. The predicted octanol–water partition coefficient (Wildman–Crippen LogP) is 15.8. The largest absolute Gasteiger partial charge is 0.309 e. The number of rotatable bonds is 8. The van der Waals surface area contributed by atoms with Gasteiger partial charge in [-0.3, -0.25) is 0 Å². The van der Waals surface area contributed by atoms with E-state index in [1.54, 1.807) is 0 Å². The highest BCUT2D eigenvalue weighted by Crippen LogP contribution is 2.48. The third kappa shape index (κ3) is 6.46. The van der Waals surface area contributed by atoms with Crippen molar-refractivity contribution >= 4 is 38.6 Å². The molecule has 0 N–H and O–H groups in total. The zero-order valence-corrected chi connectivity index (χ0v) is 31.5. The van der Waals surface area contributed by atoms with Crippen molar-refractivity contribution in [1.29, 1.82) is 0 Å². The summed E-state index contributed by atoms with van der Waals surface area (Å²) >= 11 is 0. The molecule has 0 aliphatic rings. The van der Waals surface area contributed by atoms with E-state index in [1.807, 2.05) is 0 Å². The van der Waals surface area contributed by atoms with Crippen molar-refractivity contribution in [2.75, 3.05) is 4.90 Å². The van der Waals surface area contributed by atoms with Gasteiger partial charge >= 0.3 is 0 Å². The lowest BCUT2D eigenvalue weighted by Crippen LogP contribution is -2.12. The number of hydrogen-bond donors (Lipinski definition) is 0. The van der Waals surface area contributed by atoms with Crippen molar-refractivity contribution in [2.45, 2.75) is 0 Å². The molecule has 10 aromatic rings. The summed E-state index contributed by atoms with van der Waals surface area (Å²) in [5.41, 5.74) is 15.3. The number of para-hydroxylation sites is 1. The molecule has 0 saturated heterocycles. The van der Waals surface area contributed by atoms with E-state index in [0.29, 0.717) is 0 Å². The Morgan fingerprint density at radius 1 is 0.228 bits per heavy atom. The van der Waals surface area contributed by atoms with Gasteiger partial charge in [0.15, 0.2) is 0 Å². The lowest BCUT2D eigenvalue weighted by atomic mass is 9.88. The first kappa shape index (κ1) is 34.0. The highest BCUT2D eigenvalue weighted by Gasteiger charge is 2.22. The summed E-state index contributed by atoms with van der Waals surface area (Å²) in [6, 6.07) is 85.6. The van der Waals surface area contributed by atoms with Gasteiger partial charge in [0.05, 0.1) is 11.4 Å². The van der Waals surface area contributed by atoms with Gasteiger partial charge in [0, 0.05) is 16.6 Å². The molecule has 0 atom stereocenters. The van der Waals surface area contributed by atoms with E-state index in [1.165, 1.54) is 71.6 Å². The maximum absolute atomic E-state index is 2.46. The second kappa shape index (κ2) is 15.0. The zero-order chi connectivity index (χ0) is 38.0. The molecule has 0 amide bonds. The molecule has 0 aromatic heterocycles. The van der Waals surface area contributed by atoms with Gasteiger partial charge in [0.25, 0.3) is 0 Å². The smallest absolute Gasteiger partial charge is 0.0546 e. The summed E-state index contributed by atoms with van der Waals surface area (Å²) < 4.78 is 0. The van der Waals surface area contributed by atoms with Crippen molar-refractivity contribution in [3.63, 3.8) is 0 Å². The van der Waals surface area contributed by atoms with Gasteiger partial charge in [-0.05, 0) is 90.5 Å². The van der Waals surface area contributed by atoms with E-state index < -0.39 is 0 Å². The zero-order valence-electron chi connectivity index (χ0n) is 31.5. The average molecular weight is 726 g/mol. The van der Waals surface area contributed by atoms with Gasteiger partial charge in [-0.15, -0.1) is 0 Å². The Balaban J connectivity index is 1.16. The van der Waals surface area contributed by atoms with Crippen LogP contribution in [0.5, 0.6) is 0 Å². The van der Waals surface area contributed by atoms with Crippen LogP contribution in [0.15, 0.2) is 237 Å². The van der Waals surface area contributed by atoms with E-state index >= 15 is 0 Å². The molecule has 0 aliphatic heterocycles. The molecule has 10 aromatic carbocycles. The van der Waals surface area contributed by atoms with Gasteiger partial charge in [-0.1, -0.05) is 212 Å². The lowest BCUT2D eigenvalue weighted by Gasteiger charge is -2.30. The Hall–Kier alpha value is -7.48. The maximum Gasteiger partial charge on any atom is 0.0546 e. The van der Waals surface area contributed by atoms with Crippen LogP contribution in [0.4, 0.5) is 17.1 Å². The van der Waals surface area contributed by atoms with Crippen molar-refractivity contribution in [3.05, 3.63) is 237 Å². The molecule has 1 nitrogen and oxygen atoms in total. The van der Waals surface area contributed by atoms with Crippen molar-refractivity contribution in [3.8, 4) is 55.6 Å². The molecule has 0 spiro atoms. The molecule has 0 fully saturated rings. The van der Waals surface area contributed by atoms with Crippen molar-refractivity contribution in [1.82, 2.24) is 0 Å². The number of benzene rings is 10. The molecule has 10 rings (SSSR count). The van der Waals surface area contributed by atoms with Gasteiger partial charge in [0.1, 0.15) is 0 Å². The summed E-state index contributed by atoms with van der Waals surface area (Å²) in [5, 5.41) is 4.90. The molecule has 268 valence electrons. The maximum atomic E-state index is 2.46. The van der Waals surface area contributed by atoms with Gasteiger partial charge in [-0.25, -0.2) is 0 Å². The monoisotopic (exact) mass is 725 g/mol. The minimum atomic E-state index is 1.09. The fourth-order valence-electron chi connectivity index (χ4n) is 8.35. The molecular weight excluding hydrogens is 687 g/mol. The normalized spacial score (nSPS) is 11.2. The average Bonchev–Trinajstić information content (AvgIpc) is 3.30. The number of anilines is 3. The Morgan fingerprint density at radius 3 is 1.26 bits per heavy atom. The van der Waals surface area contributed by atoms with E-state index in [9.17, 15) is 0 Å². The van der Waals surface area contributed by atoms with Crippen LogP contribution in [-0.2, 0) is 0 Å².